The lowest BCUT2D eigenvalue weighted by molar-refractivity contribution is 0.276. The van der Waals surface area contributed by atoms with Crippen molar-refractivity contribution in [1.29, 1.82) is 0 Å². The molecular formula is C17H29NO2. The van der Waals surface area contributed by atoms with Gasteiger partial charge in [-0.25, -0.2) is 0 Å². The number of benzene rings is 1. The Morgan fingerprint density at radius 1 is 0.950 bits per heavy atom. The van der Waals surface area contributed by atoms with Gasteiger partial charge < -0.3 is 14.8 Å². The molecule has 1 aromatic rings. The molecular weight excluding hydrogens is 250 g/mol. The third-order valence-corrected chi connectivity index (χ3v) is 3.06. The van der Waals surface area contributed by atoms with Crippen LogP contribution in [0.3, 0.4) is 0 Å². The van der Waals surface area contributed by atoms with Gasteiger partial charge in [0.25, 0.3) is 0 Å². The minimum atomic E-state index is 0.663. The third kappa shape index (κ3) is 6.29. The zero-order valence-corrected chi connectivity index (χ0v) is 13.2. The summed E-state index contributed by atoms with van der Waals surface area (Å²) in [7, 11) is 0. The van der Waals surface area contributed by atoms with Crippen LogP contribution in [0.2, 0.25) is 0 Å². The van der Waals surface area contributed by atoms with Crippen LogP contribution in [0.5, 0.6) is 11.5 Å². The van der Waals surface area contributed by atoms with E-state index in [1.165, 1.54) is 24.8 Å². The van der Waals surface area contributed by atoms with Gasteiger partial charge in [0, 0.05) is 6.54 Å². The molecule has 1 aromatic carbocycles. The van der Waals surface area contributed by atoms with E-state index >= 15 is 0 Å². The number of unbranched alkanes of at least 4 members (excludes halogenated alkanes) is 2. The molecule has 0 atom stereocenters. The van der Waals surface area contributed by atoms with Crippen molar-refractivity contribution in [1.82, 2.24) is 5.32 Å². The van der Waals surface area contributed by atoms with Crippen LogP contribution in [0, 0.1) is 0 Å². The minimum Gasteiger partial charge on any atom is -0.490 e. The Morgan fingerprint density at radius 2 is 1.80 bits per heavy atom. The second-order valence-corrected chi connectivity index (χ2v) is 4.95. The first-order valence-corrected chi connectivity index (χ1v) is 7.91. The van der Waals surface area contributed by atoms with E-state index in [9.17, 15) is 0 Å². The van der Waals surface area contributed by atoms with Crippen LogP contribution < -0.4 is 14.8 Å². The van der Waals surface area contributed by atoms with Gasteiger partial charge in [-0.1, -0.05) is 32.8 Å². The van der Waals surface area contributed by atoms with Gasteiger partial charge in [0.15, 0.2) is 11.5 Å². The Balaban J connectivity index is 2.52. The molecule has 0 aliphatic heterocycles. The van der Waals surface area contributed by atoms with E-state index in [0.29, 0.717) is 6.61 Å². The zero-order valence-electron chi connectivity index (χ0n) is 13.2. The standard InChI is InChI=1S/C17H29NO2/c1-4-7-8-11-18-14-15-9-10-16(20-12-5-2)17(13-15)19-6-3/h9-10,13,18H,4-8,11-12,14H2,1-3H3. The maximum atomic E-state index is 5.71. The molecule has 3 nitrogen and oxygen atoms in total. The summed E-state index contributed by atoms with van der Waals surface area (Å²) in [5.74, 6) is 1.71. The molecule has 20 heavy (non-hydrogen) atoms. The third-order valence-electron chi connectivity index (χ3n) is 3.06. The summed E-state index contributed by atoms with van der Waals surface area (Å²) in [4.78, 5) is 0. The number of nitrogens with one attached hydrogen (secondary N) is 1. The second-order valence-electron chi connectivity index (χ2n) is 4.95. The summed E-state index contributed by atoms with van der Waals surface area (Å²) in [6.07, 6.45) is 4.80. The Kier molecular flexibility index (Phi) is 8.88. The molecule has 0 fully saturated rings. The predicted molar refractivity (Wildman–Crippen MR) is 84.6 cm³/mol. The lowest BCUT2D eigenvalue weighted by atomic mass is 10.2. The van der Waals surface area contributed by atoms with E-state index in [2.05, 4.69) is 31.3 Å². The van der Waals surface area contributed by atoms with E-state index in [1.54, 1.807) is 0 Å². The average molecular weight is 279 g/mol. The summed E-state index contributed by atoms with van der Waals surface area (Å²) >= 11 is 0. The quantitative estimate of drug-likeness (QED) is 0.617. The van der Waals surface area contributed by atoms with E-state index < -0.39 is 0 Å². The molecule has 0 spiro atoms. The minimum absolute atomic E-state index is 0.663. The van der Waals surface area contributed by atoms with Crippen LogP contribution in [0.4, 0.5) is 0 Å². The van der Waals surface area contributed by atoms with E-state index in [-0.39, 0.29) is 0 Å². The summed E-state index contributed by atoms with van der Waals surface area (Å²) in [5, 5.41) is 3.47. The molecule has 114 valence electrons. The predicted octanol–water partition coefficient (Wildman–Crippen LogP) is 4.15. The lowest BCUT2D eigenvalue weighted by Crippen LogP contribution is -2.14. The molecule has 0 saturated carbocycles. The first-order chi connectivity index (χ1) is 9.81. The van der Waals surface area contributed by atoms with Gasteiger partial charge in [0.2, 0.25) is 0 Å². The van der Waals surface area contributed by atoms with Crippen LogP contribution in [-0.4, -0.2) is 19.8 Å². The van der Waals surface area contributed by atoms with Crippen LogP contribution in [0.25, 0.3) is 0 Å². The number of ether oxygens (including phenoxy) is 2. The highest BCUT2D eigenvalue weighted by atomic mass is 16.5. The van der Waals surface area contributed by atoms with Gasteiger partial charge >= 0.3 is 0 Å². The Labute approximate surface area is 123 Å². The van der Waals surface area contributed by atoms with Crippen molar-refractivity contribution in [3.8, 4) is 11.5 Å². The Morgan fingerprint density at radius 3 is 2.50 bits per heavy atom. The van der Waals surface area contributed by atoms with E-state index in [4.69, 9.17) is 9.47 Å². The topological polar surface area (TPSA) is 30.5 Å². The van der Waals surface area contributed by atoms with E-state index in [1.807, 2.05) is 13.0 Å². The molecule has 0 unspecified atom stereocenters. The summed E-state index contributed by atoms with van der Waals surface area (Å²) in [5.41, 5.74) is 1.24. The maximum Gasteiger partial charge on any atom is 0.161 e. The number of hydrogen-bond acceptors (Lipinski definition) is 3. The first kappa shape index (κ1) is 16.8. The molecule has 0 bridgehead atoms. The molecule has 0 aliphatic rings. The van der Waals surface area contributed by atoms with Crippen molar-refractivity contribution in [2.75, 3.05) is 19.8 Å². The normalized spacial score (nSPS) is 10.6. The Hall–Kier alpha value is -1.22. The van der Waals surface area contributed by atoms with Crippen molar-refractivity contribution in [3.63, 3.8) is 0 Å². The van der Waals surface area contributed by atoms with Crippen molar-refractivity contribution in [2.45, 2.75) is 53.0 Å². The molecule has 0 aromatic heterocycles. The molecule has 0 saturated heterocycles. The van der Waals surface area contributed by atoms with Gasteiger partial charge in [-0.05, 0) is 44.0 Å². The molecule has 3 heteroatoms. The fourth-order valence-electron chi connectivity index (χ4n) is 1.99. The first-order valence-electron chi connectivity index (χ1n) is 7.91. The van der Waals surface area contributed by atoms with Crippen molar-refractivity contribution >= 4 is 0 Å². The van der Waals surface area contributed by atoms with Crippen LogP contribution in [-0.2, 0) is 6.54 Å². The van der Waals surface area contributed by atoms with Gasteiger partial charge in [0.05, 0.1) is 13.2 Å². The smallest absolute Gasteiger partial charge is 0.161 e. The lowest BCUT2D eigenvalue weighted by Gasteiger charge is -2.13. The average Bonchev–Trinajstić information content (AvgIpc) is 2.46. The van der Waals surface area contributed by atoms with Crippen LogP contribution in [0.15, 0.2) is 18.2 Å². The van der Waals surface area contributed by atoms with Gasteiger partial charge in [-0.15, -0.1) is 0 Å². The summed E-state index contributed by atoms with van der Waals surface area (Å²) < 4.78 is 11.4. The zero-order chi connectivity index (χ0) is 14.6. The maximum absolute atomic E-state index is 5.71. The molecule has 0 heterocycles. The van der Waals surface area contributed by atoms with Gasteiger partial charge in [0.1, 0.15) is 0 Å². The second kappa shape index (κ2) is 10.6. The van der Waals surface area contributed by atoms with Gasteiger partial charge in [-0.2, -0.15) is 0 Å². The fraction of sp³-hybridized carbons (Fsp3) is 0.647. The molecule has 0 amide bonds. The van der Waals surface area contributed by atoms with Gasteiger partial charge in [-0.3, -0.25) is 0 Å². The molecule has 1 rings (SSSR count). The largest absolute Gasteiger partial charge is 0.490 e. The summed E-state index contributed by atoms with van der Waals surface area (Å²) in [6.45, 7) is 9.69. The van der Waals surface area contributed by atoms with Crippen LogP contribution >= 0.6 is 0 Å². The molecule has 0 aliphatic carbocycles. The SMILES string of the molecule is CCCCCNCc1ccc(OCCC)c(OCC)c1. The Bertz CT molecular complexity index is 366. The monoisotopic (exact) mass is 279 g/mol. The van der Waals surface area contributed by atoms with Crippen LogP contribution in [0.1, 0.15) is 52.0 Å². The van der Waals surface area contributed by atoms with Crippen molar-refractivity contribution in [2.24, 2.45) is 0 Å². The number of hydrogen-bond donors (Lipinski definition) is 1. The fourth-order valence-corrected chi connectivity index (χ4v) is 1.99. The van der Waals surface area contributed by atoms with E-state index in [0.717, 1.165) is 37.6 Å². The van der Waals surface area contributed by atoms with Crippen molar-refractivity contribution in [3.05, 3.63) is 23.8 Å². The molecule has 1 N–H and O–H groups in total. The highest BCUT2D eigenvalue weighted by Gasteiger charge is 2.06. The molecule has 0 radical (unpaired) electrons. The highest BCUT2D eigenvalue weighted by Crippen LogP contribution is 2.28. The highest BCUT2D eigenvalue weighted by molar-refractivity contribution is 5.43. The van der Waals surface area contributed by atoms with Crippen molar-refractivity contribution < 1.29 is 9.47 Å². The number of rotatable bonds is 11. The summed E-state index contributed by atoms with van der Waals surface area (Å²) in [6, 6.07) is 6.21.